The smallest absolute Gasteiger partial charge is 0.0893 e. The van der Waals surface area contributed by atoms with Crippen molar-refractivity contribution < 1.29 is 0 Å². The molecule has 1 rings (SSSR count). The average Bonchev–Trinajstić information content (AvgIpc) is 3.16. The highest BCUT2D eigenvalue weighted by Crippen LogP contribution is 2.14. The SMILES string of the molecule is CCCCCCCCCCCCCCN1C=CN(CCCCCCCCC)C1. The van der Waals surface area contributed by atoms with Crippen molar-refractivity contribution in [3.63, 3.8) is 0 Å². The number of unbranched alkanes of at least 4 members (excludes halogenated alkanes) is 17. The van der Waals surface area contributed by atoms with Gasteiger partial charge < -0.3 is 9.80 Å². The summed E-state index contributed by atoms with van der Waals surface area (Å²) in [7, 11) is 0. The van der Waals surface area contributed by atoms with Crippen molar-refractivity contribution in [1.29, 1.82) is 0 Å². The van der Waals surface area contributed by atoms with Crippen LogP contribution in [-0.2, 0) is 0 Å². The zero-order chi connectivity index (χ0) is 20.1. The van der Waals surface area contributed by atoms with Crippen LogP contribution in [0.4, 0.5) is 0 Å². The first-order chi connectivity index (χ1) is 13.9. The molecule has 0 aromatic heterocycles. The minimum absolute atomic E-state index is 1.13. The molecule has 0 aromatic rings. The Morgan fingerprint density at radius 3 is 1.04 bits per heavy atom. The molecule has 0 aliphatic carbocycles. The topological polar surface area (TPSA) is 6.48 Å². The third-order valence-electron chi connectivity index (χ3n) is 6.20. The maximum atomic E-state index is 2.51. The summed E-state index contributed by atoms with van der Waals surface area (Å²) in [6.07, 6.45) is 31.8. The van der Waals surface area contributed by atoms with Gasteiger partial charge in [0, 0.05) is 25.5 Å². The number of hydrogen-bond donors (Lipinski definition) is 0. The highest BCUT2D eigenvalue weighted by Gasteiger charge is 2.10. The van der Waals surface area contributed by atoms with Crippen molar-refractivity contribution in [2.45, 2.75) is 136 Å². The molecule has 0 amide bonds. The number of rotatable bonds is 21. The van der Waals surface area contributed by atoms with E-state index >= 15 is 0 Å². The lowest BCUT2D eigenvalue weighted by Gasteiger charge is -2.21. The second-order valence-corrected chi connectivity index (χ2v) is 9.07. The van der Waals surface area contributed by atoms with Crippen LogP contribution in [0.5, 0.6) is 0 Å². The Morgan fingerprint density at radius 1 is 0.429 bits per heavy atom. The van der Waals surface area contributed by atoms with Gasteiger partial charge in [-0.05, 0) is 12.8 Å². The third-order valence-corrected chi connectivity index (χ3v) is 6.20. The maximum Gasteiger partial charge on any atom is 0.0893 e. The third kappa shape index (κ3) is 15.3. The molecular weight excluding hydrogens is 340 g/mol. The van der Waals surface area contributed by atoms with Crippen molar-refractivity contribution >= 4 is 0 Å². The molecule has 0 saturated carbocycles. The Morgan fingerprint density at radius 2 is 0.714 bits per heavy atom. The van der Waals surface area contributed by atoms with Gasteiger partial charge in [0.25, 0.3) is 0 Å². The first-order valence-corrected chi connectivity index (χ1v) is 13.0. The molecule has 0 atom stereocenters. The van der Waals surface area contributed by atoms with E-state index in [-0.39, 0.29) is 0 Å². The summed E-state index contributed by atoms with van der Waals surface area (Å²) in [5.41, 5.74) is 0. The summed E-state index contributed by atoms with van der Waals surface area (Å²) >= 11 is 0. The van der Waals surface area contributed by atoms with E-state index < -0.39 is 0 Å². The van der Waals surface area contributed by atoms with Gasteiger partial charge in [0.15, 0.2) is 0 Å². The van der Waals surface area contributed by atoms with Gasteiger partial charge in [-0.25, -0.2) is 0 Å². The molecule has 0 aromatic carbocycles. The second kappa shape index (κ2) is 19.6. The summed E-state index contributed by atoms with van der Waals surface area (Å²) in [6.45, 7) is 8.23. The quantitative estimate of drug-likeness (QED) is 0.181. The molecule has 0 N–H and O–H groups in total. The molecule has 1 aliphatic rings. The first-order valence-electron chi connectivity index (χ1n) is 13.0. The minimum Gasteiger partial charge on any atom is -0.359 e. The van der Waals surface area contributed by atoms with Gasteiger partial charge in [0.05, 0.1) is 6.67 Å². The van der Waals surface area contributed by atoms with Crippen LogP contribution in [0.15, 0.2) is 12.4 Å². The Balaban J connectivity index is 1.80. The van der Waals surface area contributed by atoms with Crippen LogP contribution in [-0.4, -0.2) is 29.6 Å². The van der Waals surface area contributed by atoms with Gasteiger partial charge >= 0.3 is 0 Å². The van der Waals surface area contributed by atoms with E-state index in [0.29, 0.717) is 0 Å². The molecule has 1 aliphatic heterocycles. The van der Waals surface area contributed by atoms with Crippen molar-refractivity contribution in [3.05, 3.63) is 12.4 Å². The van der Waals surface area contributed by atoms with Crippen molar-refractivity contribution in [2.24, 2.45) is 0 Å². The summed E-state index contributed by atoms with van der Waals surface area (Å²) in [5.74, 6) is 0. The Bertz CT molecular complexity index is 339. The van der Waals surface area contributed by atoms with Gasteiger partial charge in [0.1, 0.15) is 0 Å². The van der Waals surface area contributed by atoms with Crippen LogP contribution in [0.1, 0.15) is 136 Å². The summed E-state index contributed by atoms with van der Waals surface area (Å²) in [5, 5.41) is 0. The van der Waals surface area contributed by atoms with Crippen molar-refractivity contribution in [1.82, 2.24) is 9.80 Å². The highest BCUT2D eigenvalue weighted by atomic mass is 15.3. The van der Waals surface area contributed by atoms with E-state index in [0.717, 1.165) is 6.67 Å². The van der Waals surface area contributed by atoms with Crippen LogP contribution in [0.2, 0.25) is 0 Å². The molecule has 2 heteroatoms. The molecule has 0 fully saturated rings. The normalized spacial score (nSPS) is 13.8. The van der Waals surface area contributed by atoms with E-state index in [4.69, 9.17) is 0 Å². The lowest BCUT2D eigenvalue weighted by atomic mass is 10.1. The summed E-state index contributed by atoms with van der Waals surface area (Å²) in [6, 6.07) is 0. The number of hydrogen-bond acceptors (Lipinski definition) is 2. The van der Waals surface area contributed by atoms with Crippen molar-refractivity contribution in [2.75, 3.05) is 19.8 Å². The van der Waals surface area contributed by atoms with Crippen LogP contribution in [0.3, 0.4) is 0 Å². The predicted octanol–water partition coefficient (Wildman–Crippen LogP) is 8.48. The van der Waals surface area contributed by atoms with Gasteiger partial charge in [-0.2, -0.15) is 0 Å². The maximum absolute atomic E-state index is 2.51. The lowest BCUT2D eigenvalue weighted by molar-refractivity contribution is 0.257. The Kier molecular flexibility index (Phi) is 17.8. The monoisotopic (exact) mass is 392 g/mol. The fourth-order valence-corrected chi connectivity index (χ4v) is 4.23. The van der Waals surface area contributed by atoms with Crippen molar-refractivity contribution in [3.8, 4) is 0 Å². The van der Waals surface area contributed by atoms with E-state index in [1.807, 2.05) is 0 Å². The molecule has 0 radical (unpaired) electrons. The van der Waals surface area contributed by atoms with E-state index in [2.05, 4.69) is 36.0 Å². The van der Waals surface area contributed by atoms with Gasteiger partial charge in [-0.3, -0.25) is 0 Å². The molecule has 28 heavy (non-hydrogen) atoms. The fraction of sp³-hybridized carbons (Fsp3) is 0.923. The molecule has 0 bridgehead atoms. The van der Waals surface area contributed by atoms with E-state index in [1.54, 1.807) is 0 Å². The molecule has 166 valence electrons. The first kappa shape index (κ1) is 25.4. The summed E-state index contributed by atoms with van der Waals surface area (Å²) < 4.78 is 0. The number of nitrogens with zero attached hydrogens (tertiary/aromatic N) is 2. The Hall–Kier alpha value is -0.660. The largest absolute Gasteiger partial charge is 0.359 e. The molecule has 2 nitrogen and oxygen atoms in total. The molecule has 1 heterocycles. The molecular formula is C26H52N2. The fourth-order valence-electron chi connectivity index (χ4n) is 4.23. The highest BCUT2D eigenvalue weighted by molar-refractivity contribution is 4.90. The molecule has 0 unspecified atom stereocenters. The lowest BCUT2D eigenvalue weighted by Crippen LogP contribution is -2.26. The predicted molar refractivity (Wildman–Crippen MR) is 126 cm³/mol. The Labute approximate surface area is 178 Å². The van der Waals surface area contributed by atoms with Gasteiger partial charge in [0.2, 0.25) is 0 Å². The van der Waals surface area contributed by atoms with Crippen LogP contribution >= 0.6 is 0 Å². The van der Waals surface area contributed by atoms with E-state index in [1.165, 1.54) is 135 Å². The van der Waals surface area contributed by atoms with Gasteiger partial charge in [-0.1, -0.05) is 123 Å². The van der Waals surface area contributed by atoms with E-state index in [9.17, 15) is 0 Å². The minimum atomic E-state index is 1.13. The zero-order valence-corrected chi connectivity index (χ0v) is 19.6. The second-order valence-electron chi connectivity index (χ2n) is 9.07. The zero-order valence-electron chi connectivity index (χ0n) is 19.6. The molecule has 0 spiro atoms. The van der Waals surface area contributed by atoms with Crippen LogP contribution < -0.4 is 0 Å². The van der Waals surface area contributed by atoms with Crippen LogP contribution in [0.25, 0.3) is 0 Å². The summed E-state index contributed by atoms with van der Waals surface area (Å²) in [4.78, 5) is 5.02. The standard InChI is InChI=1S/C26H52N2/c1-3-5-7-9-11-12-13-14-15-17-19-21-23-28-25-24-27(26-28)22-20-18-16-10-8-6-4-2/h24-25H,3-23,26H2,1-2H3. The average molecular weight is 393 g/mol. The van der Waals surface area contributed by atoms with Gasteiger partial charge in [-0.15, -0.1) is 0 Å². The van der Waals surface area contributed by atoms with Crippen LogP contribution in [0, 0.1) is 0 Å². The molecule has 0 saturated heterocycles.